The van der Waals surface area contributed by atoms with Crippen molar-refractivity contribution in [1.82, 2.24) is 4.98 Å². The normalized spacial score (nSPS) is 11.8. The van der Waals surface area contributed by atoms with Crippen LogP contribution in [0, 0.1) is 5.82 Å². The number of benzene rings is 1. The molecule has 1 heterocycles. The summed E-state index contributed by atoms with van der Waals surface area (Å²) < 4.78 is 18.2. The van der Waals surface area contributed by atoms with E-state index in [1.54, 1.807) is 18.4 Å². The first kappa shape index (κ1) is 11.8. The number of rotatable bonds is 3. The monoisotopic (exact) mass is 233 g/mol. The fourth-order valence-electron chi connectivity index (χ4n) is 1.49. The third-order valence-corrected chi connectivity index (χ3v) is 3.17. The van der Waals surface area contributed by atoms with Gasteiger partial charge in [-0.25, -0.2) is 9.37 Å². The second-order valence-corrected chi connectivity index (χ2v) is 4.78. The van der Waals surface area contributed by atoms with Crippen LogP contribution >= 0.6 is 0 Å². The molecule has 2 rings (SSSR count). The van der Waals surface area contributed by atoms with Crippen molar-refractivity contribution in [2.75, 3.05) is 0 Å². The molecule has 0 saturated carbocycles. The first-order valence-corrected chi connectivity index (χ1v) is 5.75. The molecule has 2 nitrogen and oxygen atoms in total. The highest BCUT2D eigenvalue weighted by atomic mass is 19.1. The van der Waals surface area contributed by atoms with Crippen molar-refractivity contribution >= 4 is 0 Å². The van der Waals surface area contributed by atoms with Crippen LogP contribution in [0.25, 0.3) is 11.5 Å². The van der Waals surface area contributed by atoms with Gasteiger partial charge in [-0.15, -0.1) is 0 Å². The second-order valence-electron chi connectivity index (χ2n) is 4.78. The highest BCUT2D eigenvalue weighted by Gasteiger charge is 2.22. The van der Waals surface area contributed by atoms with E-state index in [9.17, 15) is 4.39 Å². The highest BCUT2D eigenvalue weighted by Crippen LogP contribution is 2.28. The maximum atomic E-state index is 12.8. The maximum Gasteiger partial charge on any atom is 0.226 e. The molecule has 17 heavy (non-hydrogen) atoms. The van der Waals surface area contributed by atoms with Gasteiger partial charge in [-0.1, -0.05) is 20.8 Å². The predicted molar refractivity (Wildman–Crippen MR) is 65.2 cm³/mol. The largest absolute Gasteiger partial charge is 0.444 e. The van der Waals surface area contributed by atoms with Crippen LogP contribution < -0.4 is 0 Å². The molecule has 0 aliphatic heterocycles. The molecule has 0 aliphatic rings. The number of nitrogens with zero attached hydrogens (tertiary/aromatic N) is 1. The van der Waals surface area contributed by atoms with E-state index < -0.39 is 0 Å². The molecule has 2 aromatic rings. The van der Waals surface area contributed by atoms with Crippen molar-refractivity contribution in [2.45, 2.75) is 32.6 Å². The Morgan fingerprint density at radius 2 is 1.88 bits per heavy atom. The molecule has 1 aromatic heterocycles. The maximum absolute atomic E-state index is 12.8. The fraction of sp³-hybridized carbons (Fsp3) is 0.357. The molecule has 0 fully saturated rings. The summed E-state index contributed by atoms with van der Waals surface area (Å²) in [5.41, 5.74) is 1.73. The molecule has 0 aliphatic carbocycles. The third kappa shape index (κ3) is 2.38. The smallest absolute Gasteiger partial charge is 0.226 e. The molecular formula is C14H16FNO. The van der Waals surface area contributed by atoms with Crippen molar-refractivity contribution in [2.24, 2.45) is 0 Å². The molecule has 0 N–H and O–H groups in total. The number of aromatic nitrogens is 1. The summed E-state index contributed by atoms with van der Waals surface area (Å²) in [7, 11) is 0. The fourth-order valence-corrected chi connectivity index (χ4v) is 1.49. The highest BCUT2D eigenvalue weighted by molar-refractivity contribution is 5.53. The van der Waals surface area contributed by atoms with E-state index in [0.717, 1.165) is 17.7 Å². The van der Waals surface area contributed by atoms with Crippen LogP contribution in [-0.4, -0.2) is 4.98 Å². The molecule has 0 radical (unpaired) electrons. The molecule has 0 spiro atoms. The lowest BCUT2D eigenvalue weighted by Gasteiger charge is -2.18. The van der Waals surface area contributed by atoms with Crippen LogP contribution in [0.4, 0.5) is 4.39 Å². The molecular weight excluding hydrogens is 217 g/mol. The van der Waals surface area contributed by atoms with Gasteiger partial charge >= 0.3 is 0 Å². The van der Waals surface area contributed by atoms with E-state index in [1.807, 2.05) is 0 Å². The van der Waals surface area contributed by atoms with Gasteiger partial charge in [0.05, 0.1) is 5.69 Å². The Labute approximate surface area is 100 Å². The van der Waals surface area contributed by atoms with Gasteiger partial charge in [0.1, 0.15) is 12.1 Å². The Hall–Kier alpha value is -1.64. The Morgan fingerprint density at radius 1 is 1.24 bits per heavy atom. The summed E-state index contributed by atoms with van der Waals surface area (Å²) in [6.45, 7) is 6.37. The average Bonchev–Trinajstić information content (AvgIpc) is 2.80. The summed E-state index contributed by atoms with van der Waals surface area (Å²) in [5, 5.41) is 0. The van der Waals surface area contributed by atoms with E-state index in [4.69, 9.17) is 4.42 Å². The summed E-state index contributed by atoms with van der Waals surface area (Å²) in [6, 6.07) is 6.15. The van der Waals surface area contributed by atoms with Crippen LogP contribution in [0.3, 0.4) is 0 Å². The Morgan fingerprint density at radius 3 is 2.47 bits per heavy atom. The van der Waals surface area contributed by atoms with Gasteiger partial charge in [0, 0.05) is 11.0 Å². The zero-order chi connectivity index (χ0) is 12.5. The molecule has 0 amide bonds. The lowest BCUT2D eigenvalue weighted by atomic mass is 9.87. The third-order valence-electron chi connectivity index (χ3n) is 3.17. The van der Waals surface area contributed by atoms with Gasteiger partial charge < -0.3 is 4.42 Å². The Bertz CT molecular complexity index is 499. The van der Waals surface area contributed by atoms with E-state index >= 15 is 0 Å². The molecule has 0 saturated heterocycles. The van der Waals surface area contributed by atoms with Gasteiger partial charge in [-0.05, 0) is 30.7 Å². The number of oxazole rings is 1. The van der Waals surface area contributed by atoms with Crippen molar-refractivity contribution in [3.8, 4) is 11.5 Å². The first-order chi connectivity index (χ1) is 8.03. The van der Waals surface area contributed by atoms with Crippen molar-refractivity contribution in [3.05, 3.63) is 42.0 Å². The number of hydrogen-bond donors (Lipinski definition) is 0. The van der Waals surface area contributed by atoms with Gasteiger partial charge in [-0.2, -0.15) is 0 Å². The van der Waals surface area contributed by atoms with Crippen molar-refractivity contribution in [3.63, 3.8) is 0 Å². The van der Waals surface area contributed by atoms with Gasteiger partial charge in [0.2, 0.25) is 5.89 Å². The number of halogens is 1. The molecule has 0 unspecified atom stereocenters. The SMILES string of the molecule is CCC(C)(C)c1coc(-c2ccc(F)cc2)n1. The molecule has 90 valence electrons. The van der Waals surface area contributed by atoms with Crippen molar-refractivity contribution in [1.29, 1.82) is 0 Å². The van der Waals surface area contributed by atoms with Crippen LogP contribution in [0.2, 0.25) is 0 Å². The molecule has 0 atom stereocenters. The summed E-state index contributed by atoms with van der Waals surface area (Å²) in [6.07, 6.45) is 2.67. The van der Waals surface area contributed by atoms with Crippen LogP contribution in [-0.2, 0) is 5.41 Å². The lowest BCUT2D eigenvalue weighted by Crippen LogP contribution is -2.15. The summed E-state index contributed by atoms with van der Waals surface area (Å²) >= 11 is 0. The quantitative estimate of drug-likeness (QED) is 0.795. The lowest BCUT2D eigenvalue weighted by molar-refractivity contribution is 0.484. The van der Waals surface area contributed by atoms with Gasteiger partial charge in [0.15, 0.2) is 0 Å². The summed E-state index contributed by atoms with van der Waals surface area (Å²) in [4.78, 5) is 4.46. The number of hydrogen-bond acceptors (Lipinski definition) is 2. The minimum absolute atomic E-state index is 0.00177. The molecule has 3 heteroatoms. The zero-order valence-electron chi connectivity index (χ0n) is 10.3. The predicted octanol–water partition coefficient (Wildman–Crippen LogP) is 4.17. The van der Waals surface area contributed by atoms with E-state index in [0.29, 0.717) is 5.89 Å². The van der Waals surface area contributed by atoms with Crippen molar-refractivity contribution < 1.29 is 8.81 Å². The van der Waals surface area contributed by atoms with E-state index in [1.165, 1.54) is 12.1 Å². The summed E-state index contributed by atoms with van der Waals surface area (Å²) in [5.74, 6) is 0.288. The standard InChI is InChI=1S/C14H16FNO/c1-4-14(2,3)12-9-17-13(16-12)10-5-7-11(15)8-6-10/h5-9H,4H2,1-3H3. The van der Waals surface area contributed by atoms with Crippen LogP contribution in [0.15, 0.2) is 34.9 Å². The Kier molecular flexibility index (Phi) is 3.01. The Balaban J connectivity index is 2.33. The minimum atomic E-state index is -0.255. The van der Waals surface area contributed by atoms with E-state index in [2.05, 4.69) is 25.8 Å². The minimum Gasteiger partial charge on any atom is -0.444 e. The molecule has 1 aromatic carbocycles. The first-order valence-electron chi connectivity index (χ1n) is 5.75. The topological polar surface area (TPSA) is 26.0 Å². The van der Waals surface area contributed by atoms with Crippen LogP contribution in [0.1, 0.15) is 32.9 Å². The second kappa shape index (κ2) is 4.32. The van der Waals surface area contributed by atoms with E-state index in [-0.39, 0.29) is 11.2 Å². The van der Waals surface area contributed by atoms with Crippen LogP contribution in [0.5, 0.6) is 0 Å². The molecule has 0 bridgehead atoms. The van der Waals surface area contributed by atoms with Gasteiger partial charge in [0.25, 0.3) is 0 Å². The zero-order valence-corrected chi connectivity index (χ0v) is 10.3. The van der Waals surface area contributed by atoms with Gasteiger partial charge in [-0.3, -0.25) is 0 Å². The average molecular weight is 233 g/mol.